The molecule has 0 amide bonds. The first-order chi connectivity index (χ1) is 10.7. The Bertz CT molecular complexity index is 585. The fourth-order valence-electron chi connectivity index (χ4n) is 3.09. The number of benzene rings is 1. The number of hydrogen-bond donors (Lipinski definition) is 0. The van der Waals surface area contributed by atoms with E-state index in [4.69, 9.17) is 4.52 Å². The van der Waals surface area contributed by atoms with Gasteiger partial charge in [0.2, 0.25) is 0 Å². The third-order valence-electron chi connectivity index (χ3n) is 4.21. The predicted molar refractivity (Wildman–Crippen MR) is 88.9 cm³/mol. The topological polar surface area (TPSA) is 32.5 Å². The van der Waals surface area contributed by atoms with E-state index in [-0.39, 0.29) is 0 Å². The Labute approximate surface area is 132 Å². The highest BCUT2D eigenvalue weighted by Gasteiger charge is 2.11. The first-order valence-corrected chi connectivity index (χ1v) is 8.15. The van der Waals surface area contributed by atoms with Crippen LogP contribution in [0.2, 0.25) is 0 Å². The minimum absolute atomic E-state index is 0.786. The summed E-state index contributed by atoms with van der Waals surface area (Å²) in [5, 5.41) is 3.93. The van der Waals surface area contributed by atoms with Gasteiger partial charge in [-0.15, -0.1) is 0 Å². The van der Waals surface area contributed by atoms with Crippen molar-refractivity contribution in [3.05, 3.63) is 47.3 Å². The van der Waals surface area contributed by atoms with Crippen molar-refractivity contribution < 1.29 is 4.52 Å². The molecule has 0 spiro atoms. The Morgan fingerprint density at radius 3 is 2.45 bits per heavy atom. The third kappa shape index (κ3) is 3.89. The Morgan fingerprint density at radius 2 is 1.82 bits per heavy atom. The van der Waals surface area contributed by atoms with Crippen molar-refractivity contribution >= 4 is 5.69 Å². The van der Waals surface area contributed by atoms with Gasteiger partial charge in [0.15, 0.2) is 5.76 Å². The molecule has 0 atom stereocenters. The van der Waals surface area contributed by atoms with Crippen LogP contribution in [0, 0.1) is 6.92 Å². The smallest absolute Gasteiger partial charge is 0.150 e. The van der Waals surface area contributed by atoms with Crippen LogP contribution in [0.3, 0.4) is 0 Å². The summed E-state index contributed by atoms with van der Waals surface area (Å²) in [4.78, 5) is 4.74. The van der Waals surface area contributed by atoms with Crippen LogP contribution in [0.1, 0.15) is 36.3 Å². The Kier molecular flexibility index (Phi) is 4.78. The van der Waals surface area contributed by atoms with Crippen molar-refractivity contribution in [3.8, 4) is 0 Å². The fraction of sp³-hybridized carbons (Fsp3) is 0.500. The van der Waals surface area contributed by atoms with E-state index in [9.17, 15) is 0 Å². The Balaban J connectivity index is 1.56. The van der Waals surface area contributed by atoms with Crippen LogP contribution in [0.4, 0.5) is 5.69 Å². The van der Waals surface area contributed by atoms with Crippen LogP contribution >= 0.6 is 0 Å². The molecular formula is C18H25N3O. The zero-order valence-electron chi connectivity index (χ0n) is 13.6. The first kappa shape index (κ1) is 15.1. The lowest BCUT2D eigenvalue weighted by Gasteiger charge is -2.29. The summed E-state index contributed by atoms with van der Waals surface area (Å²) >= 11 is 0. The lowest BCUT2D eigenvalue weighted by atomic mass is 10.1. The molecule has 0 aliphatic carbocycles. The van der Waals surface area contributed by atoms with E-state index >= 15 is 0 Å². The number of hydrogen-bond acceptors (Lipinski definition) is 4. The van der Waals surface area contributed by atoms with Gasteiger partial charge in [-0.25, -0.2) is 0 Å². The molecule has 0 N–H and O–H groups in total. The molecule has 1 aromatic carbocycles. The van der Waals surface area contributed by atoms with Crippen molar-refractivity contribution in [1.29, 1.82) is 0 Å². The number of anilines is 1. The molecule has 0 saturated carbocycles. The molecule has 4 nitrogen and oxygen atoms in total. The molecule has 2 aromatic rings. The SMILES string of the molecule is Cc1cc(CN(C)Cc2ccc(N3CCCCC3)cc2)on1. The second kappa shape index (κ2) is 6.97. The molecule has 4 heteroatoms. The predicted octanol–water partition coefficient (Wildman–Crippen LogP) is 3.61. The van der Waals surface area contributed by atoms with Crippen LogP contribution < -0.4 is 4.90 Å². The number of piperidine rings is 1. The van der Waals surface area contributed by atoms with Gasteiger partial charge in [-0.05, 0) is 50.9 Å². The molecule has 1 aliphatic heterocycles. The molecule has 0 unspecified atom stereocenters. The molecule has 22 heavy (non-hydrogen) atoms. The van der Waals surface area contributed by atoms with Crippen molar-refractivity contribution in [2.24, 2.45) is 0 Å². The molecule has 1 saturated heterocycles. The van der Waals surface area contributed by atoms with E-state index in [2.05, 4.69) is 46.3 Å². The van der Waals surface area contributed by atoms with Crippen LogP contribution in [-0.4, -0.2) is 30.2 Å². The maximum atomic E-state index is 5.27. The quantitative estimate of drug-likeness (QED) is 0.844. The van der Waals surface area contributed by atoms with Gasteiger partial charge >= 0.3 is 0 Å². The van der Waals surface area contributed by atoms with Crippen molar-refractivity contribution in [1.82, 2.24) is 10.1 Å². The summed E-state index contributed by atoms with van der Waals surface area (Å²) in [7, 11) is 2.11. The van der Waals surface area contributed by atoms with Crippen LogP contribution in [0.15, 0.2) is 34.9 Å². The van der Waals surface area contributed by atoms with E-state index < -0.39 is 0 Å². The van der Waals surface area contributed by atoms with E-state index in [0.717, 1.165) is 24.5 Å². The zero-order chi connectivity index (χ0) is 15.4. The van der Waals surface area contributed by atoms with Gasteiger partial charge in [-0.1, -0.05) is 17.3 Å². The summed E-state index contributed by atoms with van der Waals surface area (Å²) in [5.74, 6) is 0.921. The highest BCUT2D eigenvalue weighted by atomic mass is 16.5. The van der Waals surface area contributed by atoms with E-state index in [1.165, 1.54) is 43.6 Å². The van der Waals surface area contributed by atoms with Gasteiger partial charge in [0.05, 0.1) is 12.2 Å². The summed E-state index contributed by atoms with van der Waals surface area (Å²) in [6.45, 7) is 6.05. The third-order valence-corrected chi connectivity index (χ3v) is 4.21. The van der Waals surface area contributed by atoms with Crippen molar-refractivity contribution in [3.63, 3.8) is 0 Å². The monoisotopic (exact) mass is 299 g/mol. The maximum Gasteiger partial charge on any atom is 0.150 e. The van der Waals surface area contributed by atoms with Crippen LogP contribution in [0.25, 0.3) is 0 Å². The standard InChI is InChI=1S/C18H25N3O/c1-15-12-18(22-19-15)14-20(2)13-16-6-8-17(9-7-16)21-10-4-3-5-11-21/h6-9,12H,3-5,10-11,13-14H2,1-2H3. The summed E-state index contributed by atoms with van der Waals surface area (Å²) in [6.07, 6.45) is 4.02. The zero-order valence-corrected chi connectivity index (χ0v) is 13.6. The Hall–Kier alpha value is -1.81. The number of nitrogens with zero attached hydrogens (tertiary/aromatic N) is 3. The number of aromatic nitrogens is 1. The molecule has 118 valence electrons. The van der Waals surface area contributed by atoms with Crippen molar-refractivity contribution in [2.75, 3.05) is 25.0 Å². The molecule has 2 heterocycles. The van der Waals surface area contributed by atoms with E-state index in [1.807, 2.05) is 13.0 Å². The van der Waals surface area contributed by atoms with Gasteiger partial charge < -0.3 is 9.42 Å². The highest BCUT2D eigenvalue weighted by Crippen LogP contribution is 2.20. The molecule has 1 aromatic heterocycles. The summed E-state index contributed by atoms with van der Waals surface area (Å²) < 4.78 is 5.27. The van der Waals surface area contributed by atoms with Gasteiger partial charge in [0.25, 0.3) is 0 Å². The lowest BCUT2D eigenvalue weighted by molar-refractivity contribution is 0.266. The molecule has 1 aliphatic rings. The lowest BCUT2D eigenvalue weighted by Crippen LogP contribution is -2.29. The highest BCUT2D eigenvalue weighted by molar-refractivity contribution is 5.47. The summed E-state index contributed by atoms with van der Waals surface area (Å²) in [5.41, 5.74) is 3.63. The van der Waals surface area contributed by atoms with Gasteiger partial charge in [-0.2, -0.15) is 0 Å². The Morgan fingerprint density at radius 1 is 1.09 bits per heavy atom. The van der Waals surface area contributed by atoms with Crippen LogP contribution in [-0.2, 0) is 13.1 Å². The largest absolute Gasteiger partial charge is 0.372 e. The van der Waals surface area contributed by atoms with Gasteiger partial charge in [0, 0.05) is 31.4 Å². The van der Waals surface area contributed by atoms with E-state index in [1.54, 1.807) is 0 Å². The molecule has 1 fully saturated rings. The fourth-order valence-corrected chi connectivity index (χ4v) is 3.09. The second-order valence-electron chi connectivity index (χ2n) is 6.32. The molecule has 0 radical (unpaired) electrons. The maximum absolute atomic E-state index is 5.27. The van der Waals surface area contributed by atoms with Gasteiger partial charge in [-0.3, -0.25) is 4.90 Å². The first-order valence-electron chi connectivity index (χ1n) is 8.15. The van der Waals surface area contributed by atoms with Crippen LogP contribution in [0.5, 0.6) is 0 Å². The molecular weight excluding hydrogens is 274 g/mol. The van der Waals surface area contributed by atoms with E-state index in [0.29, 0.717) is 0 Å². The minimum Gasteiger partial charge on any atom is -0.372 e. The van der Waals surface area contributed by atoms with Gasteiger partial charge in [0.1, 0.15) is 0 Å². The molecule has 3 rings (SSSR count). The molecule has 0 bridgehead atoms. The summed E-state index contributed by atoms with van der Waals surface area (Å²) in [6, 6.07) is 11.0. The number of aryl methyl sites for hydroxylation is 1. The van der Waals surface area contributed by atoms with Crippen molar-refractivity contribution in [2.45, 2.75) is 39.3 Å². The average molecular weight is 299 g/mol. The minimum atomic E-state index is 0.786. The second-order valence-corrected chi connectivity index (χ2v) is 6.32. The number of rotatable bonds is 5. The normalized spacial score (nSPS) is 15.5. The average Bonchev–Trinajstić information content (AvgIpc) is 2.94.